The minimum Gasteiger partial charge on any atom is -0.456 e. The molecule has 0 fully saturated rings. The van der Waals surface area contributed by atoms with E-state index in [9.17, 15) is 0 Å². The molecule has 2 aliphatic rings. The number of rotatable bonds is 1. The van der Waals surface area contributed by atoms with Gasteiger partial charge < -0.3 is 13.8 Å². The fraction of sp³-hybridized carbons (Fsp3) is 0.250. The normalized spacial score (nSPS) is 14.2. The Morgan fingerprint density at radius 2 is 1.19 bits per heavy atom. The number of furan rings is 1. The number of anilines is 3. The van der Waals surface area contributed by atoms with Crippen LogP contribution in [0, 0.1) is 0 Å². The summed E-state index contributed by atoms with van der Waals surface area (Å²) in [4.78, 5) is 2.62. The van der Waals surface area contributed by atoms with Crippen molar-refractivity contribution >= 4 is 78.6 Å². The molecule has 52 heavy (non-hydrogen) atoms. The molecule has 4 heteroatoms. The Morgan fingerprint density at radius 1 is 0.538 bits per heavy atom. The second-order valence-electron chi connectivity index (χ2n) is 18.3. The van der Waals surface area contributed by atoms with Gasteiger partial charge in [0.2, 0.25) is 0 Å². The average molecular weight is 677 g/mol. The van der Waals surface area contributed by atoms with E-state index >= 15 is 0 Å². The quantitative estimate of drug-likeness (QED) is 0.161. The molecule has 256 valence electrons. The van der Waals surface area contributed by atoms with E-state index in [2.05, 4.69) is 181 Å². The van der Waals surface area contributed by atoms with Crippen molar-refractivity contribution in [3.05, 3.63) is 126 Å². The molecule has 0 saturated carbocycles. The number of aromatic nitrogens is 1. The third-order valence-corrected chi connectivity index (χ3v) is 11.8. The predicted molar refractivity (Wildman–Crippen MR) is 223 cm³/mol. The highest BCUT2D eigenvalue weighted by Crippen LogP contribution is 2.51. The lowest BCUT2D eigenvalue weighted by molar-refractivity contribution is 0.569. The molecule has 0 amide bonds. The van der Waals surface area contributed by atoms with Crippen LogP contribution in [-0.2, 0) is 16.2 Å². The lowest BCUT2D eigenvalue weighted by Gasteiger charge is -2.42. The van der Waals surface area contributed by atoms with E-state index in [0.29, 0.717) is 0 Å². The van der Waals surface area contributed by atoms with Crippen LogP contribution in [0.5, 0.6) is 0 Å². The molecular weight excluding hydrogens is 631 g/mol. The molecule has 0 aliphatic carbocycles. The van der Waals surface area contributed by atoms with Crippen molar-refractivity contribution in [2.24, 2.45) is 0 Å². The molecule has 0 N–H and O–H groups in total. The predicted octanol–water partition coefficient (Wildman–Crippen LogP) is 12.0. The lowest BCUT2D eigenvalue weighted by atomic mass is 9.44. The Labute approximate surface area is 307 Å². The summed E-state index contributed by atoms with van der Waals surface area (Å²) >= 11 is 0. The van der Waals surface area contributed by atoms with Gasteiger partial charge in [0.15, 0.2) is 0 Å². The van der Waals surface area contributed by atoms with E-state index in [1.165, 1.54) is 83.0 Å². The summed E-state index contributed by atoms with van der Waals surface area (Å²) in [6.07, 6.45) is 0. The standard InChI is InChI=1S/C48H45BN2O/c1-46(2,3)28-21-22-37-39(26-28)50(31-24-29(47(4,5)6)23-30(25-31)48(7,8)9)45-42-35-16-11-13-20-40(35)52-41(42)27-36-34-18-14-17-33-32-15-10-12-19-38(32)51(44(33)34)49(37)43(36)45/h10-27H,1-9H3. The van der Waals surface area contributed by atoms with Gasteiger partial charge >= 0.3 is 6.85 Å². The van der Waals surface area contributed by atoms with Crippen LogP contribution in [0.15, 0.2) is 114 Å². The van der Waals surface area contributed by atoms with Gasteiger partial charge in [-0.3, -0.25) is 0 Å². The fourth-order valence-electron chi connectivity index (χ4n) is 9.00. The van der Waals surface area contributed by atoms with Crippen molar-refractivity contribution in [2.45, 2.75) is 78.6 Å². The number of para-hydroxylation sites is 3. The Balaban J connectivity index is 1.45. The highest BCUT2D eigenvalue weighted by Gasteiger charge is 2.45. The number of fused-ring (bicyclic) bond motifs is 11. The van der Waals surface area contributed by atoms with Gasteiger partial charge in [-0.05, 0) is 85.8 Å². The van der Waals surface area contributed by atoms with E-state index in [1.54, 1.807) is 0 Å². The van der Waals surface area contributed by atoms with Crippen molar-refractivity contribution in [1.82, 2.24) is 4.48 Å². The highest BCUT2D eigenvalue weighted by atomic mass is 16.3. The van der Waals surface area contributed by atoms with Gasteiger partial charge in [0.25, 0.3) is 0 Å². The zero-order valence-corrected chi connectivity index (χ0v) is 31.8. The fourth-order valence-corrected chi connectivity index (χ4v) is 9.00. The lowest BCUT2D eigenvalue weighted by Crippen LogP contribution is -2.56. The molecule has 3 nitrogen and oxygen atoms in total. The van der Waals surface area contributed by atoms with E-state index in [-0.39, 0.29) is 23.1 Å². The maximum atomic E-state index is 6.84. The molecule has 0 saturated heterocycles. The van der Waals surface area contributed by atoms with Crippen LogP contribution in [0.2, 0.25) is 0 Å². The first-order valence-electron chi connectivity index (χ1n) is 18.8. The summed E-state index contributed by atoms with van der Waals surface area (Å²) in [6, 6.07) is 41.4. The molecule has 4 heterocycles. The minimum atomic E-state index is -0.0349. The van der Waals surface area contributed by atoms with Gasteiger partial charge in [-0.25, -0.2) is 0 Å². The van der Waals surface area contributed by atoms with Gasteiger partial charge in [-0.2, -0.15) is 0 Å². The Bertz CT molecular complexity index is 2780. The Morgan fingerprint density at radius 3 is 1.90 bits per heavy atom. The zero-order chi connectivity index (χ0) is 36.1. The van der Waals surface area contributed by atoms with Crippen LogP contribution < -0.4 is 15.8 Å². The van der Waals surface area contributed by atoms with Crippen molar-refractivity contribution in [3.8, 4) is 11.1 Å². The van der Waals surface area contributed by atoms with Crippen LogP contribution in [0.25, 0.3) is 54.9 Å². The number of benzene rings is 6. The Hall–Kier alpha value is -5.22. The van der Waals surface area contributed by atoms with Crippen molar-refractivity contribution in [2.75, 3.05) is 4.90 Å². The highest BCUT2D eigenvalue weighted by molar-refractivity contribution is 6.90. The number of hydrogen-bond donors (Lipinski definition) is 0. The Kier molecular flexibility index (Phi) is 6.19. The van der Waals surface area contributed by atoms with E-state index in [4.69, 9.17) is 4.42 Å². The van der Waals surface area contributed by atoms with Crippen LogP contribution in [-0.4, -0.2) is 11.3 Å². The van der Waals surface area contributed by atoms with E-state index in [0.717, 1.165) is 16.6 Å². The largest absolute Gasteiger partial charge is 0.456 e. The molecule has 8 aromatic rings. The molecule has 0 bridgehead atoms. The summed E-state index contributed by atoms with van der Waals surface area (Å²) < 4.78 is 9.49. The molecule has 6 aromatic carbocycles. The van der Waals surface area contributed by atoms with Gasteiger partial charge in [0.1, 0.15) is 11.2 Å². The first-order chi connectivity index (χ1) is 24.7. The third-order valence-electron chi connectivity index (χ3n) is 11.8. The summed E-state index contributed by atoms with van der Waals surface area (Å²) in [5.74, 6) is 0. The average Bonchev–Trinajstić information content (AvgIpc) is 3.64. The van der Waals surface area contributed by atoms with Gasteiger partial charge in [-0.1, -0.05) is 135 Å². The molecule has 0 atom stereocenters. The summed E-state index contributed by atoms with van der Waals surface area (Å²) in [5, 5.41) is 4.93. The maximum absolute atomic E-state index is 6.84. The van der Waals surface area contributed by atoms with Gasteiger partial charge in [-0.15, -0.1) is 0 Å². The molecule has 10 rings (SSSR count). The smallest absolute Gasteiger partial charge is 0.333 e. The summed E-state index contributed by atoms with van der Waals surface area (Å²) in [6.45, 7) is 21.0. The monoisotopic (exact) mass is 676 g/mol. The zero-order valence-electron chi connectivity index (χ0n) is 31.8. The molecule has 0 unspecified atom stereocenters. The molecule has 0 spiro atoms. The topological polar surface area (TPSA) is 21.3 Å². The van der Waals surface area contributed by atoms with Crippen LogP contribution in [0.4, 0.5) is 17.1 Å². The SMILES string of the molecule is CC(C)(C)c1cc(N2c3cc(C(C)(C)C)ccc3B3c4c(cc5oc6ccccc6c5c42)-c2cccc4c5ccccc5n3c24)cc(C(C)(C)C)c1. The number of hydrogen-bond acceptors (Lipinski definition) is 2. The third kappa shape index (κ3) is 4.27. The van der Waals surface area contributed by atoms with Gasteiger partial charge in [0, 0.05) is 44.1 Å². The maximum Gasteiger partial charge on any atom is 0.333 e. The van der Waals surface area contributed by atoms with Crippen molar-refractivity contribution in [1.29, 1.82) is 0 Å². The van der Waals surface area contributed by atoms with Crippen LogP contribution >= 0.6 is 0 Å². The molecular formula is C48H45BN2O. The first-order valence-corrected chi connectivity index (χ1v) is 18.8. The van der Waals surface area contributed by atoms with E-state index < -0.39 is 0 Å². The van der Waals surface area contributed by atoms with Crippen LogP contribution in [0.1, 0.15) is 79.0 Å². The van der Waals surface area contributed by atoms with Crippen molar-refractivity contribution in [3.63, 3.8) is 0 Å². The minimum absolute atomic E-state index is 0.0199. The molecule has 0 radical (unpaired) electrons. The summed E-state index contributed by atoms with van der Waals surface area (Å²) in [5.41, 5.74) is 17.2. The van der Waals surface area contributed by atoms with Crippen molar-refractivity contribution < 1.29 is 4.42 Å². The number of nitrogens with zero attached hydrogens (tertiary/aromatic N) is 2. The molecule has 2 aromatic heterocycles. The second-order valence-corrected chi connectivity index (χ2v) is 18.3. The summed E-state index contributed by atoms with van der Waals surface area (Å²) in [7, 11) is 0. The first kappa shape index (κ1) is 31.5. The molecule has 2 aliphatic heterocycles. The van der Waals surface area contributed by atoms with Gasteiger partial charge in [0.05, 0.1) is 11.1 Å². The second kappa shape index (κ2) is 10.2. The van der Waals surface area contributed by atoms with Crippen LogP contribution in [0.3, 0.4) is 0 Å². The van der Waals surface area contributed by atoms with E-state index in [1.807, 2.05) is 0 Å².